The molecule has 0 saturated heterocycles. The van der Waals surface area contributed by atoms with Crippen molar-refractivity contribution in [3.63, 3.8) is 0 Å². The summed E-state index contributed by atoms with van der Waals surface area (Å²) in [6, 6.07) is 0. The third-order valence-electron chi connectivity index (χ3n) is 6.40. The molecule has 2 unspecified atom stereocenters. The van der Waals surface area contributed by atoms with E-state index in [0.717, 1.165) is 6.42 Å². The van der Waals surface area contributed by atoms with E-state index < -0.39 is 17.8 Å². The largest absolute Gasteiger partial charge is 0.299 e. The van der Waals surface area contributed by atoms with E-state index >= 15 is 0 Å². The Labute approximate surface area is 172 Å². The van der Waals surface area contributed by atoms with Crippen molar-refractivity contribution < 1.29 is 19.2 Å². The van der Waals surface area contributed by atoms with Crippen LogP contribution in [0.5, 0.6) is 0 Å². The van der Waals surface area contributed by atoms with Gasteiger partial charge in [-0.05, 0) is 17.3 Å². The minimum absolute atomic E-state index is 0.0920. The Kier molecular flexibility index (Phi) is 5.79. The van der Waals surface area contributed by atoms with Crippen LogP contribution in [0.3, 0.4) is 0 Å². The molecule has 0 N–H and O–H groups in total. The SMILES string of the molecule is CCC1C=CC(C(C2C(=O)CC(C)(C)CC2=O)C2C(=O)CC(C)(C)CC2=O)S1. The summed E-state index contributed by atoms with van der Waals surface area (Å²) in [5.41, 5.74) is -0.690. The molecule has 0 bridgehead atoms. The fourth-order valence-corrected chi connectivity index (χ4v) is 6.67. The molecule has 154 valence electrons. The highest BCUT2D eigenvalue weighted by Gasteiger charge is 2.54. The molecule has 2 aliphatic carbocycles. The normalized spacial score (nSPS) is 31.2. The molecule has 0 amide bonds. The first-order valence-corrected chi connectivity index (χ1v) is 11.3. The van der Waals surface area contributed by atoms with Gasteiger partial charge in [-0.15, -0.1) is 11.8 Å². The number of carbonyl (C=O) groups excluding carboxylic acids is 4. The Hall–Kier alpha value is -1.23. The van der Waals surface area contributed by atoms with E-state index in [1.807, 2.05) is 33.8 Å². The van der Waals surface area contributed by atoms with E-state index in [2.05, 4.69) is 13.0 Å². The molecule has 1 heterocycles. The van der Waals surface area contributed by atoms with Gasteiger partial charge in [-0.2, -0.15) is 0 Å². The fourth-order valence-electron chi connectivity index (χ4n) is 5.22. The van der Waals surface area contributed by atoms with Crippen LogP contribution in [0.4, 0.5) is 0 Å². The second-order valence-corrected chi connectivity index (χ2v) is 11.8. The average Bonchev–Trinajstić information content (AvgIpc) is 2.98. The second-order valence-electron chi connectivity index (χ2n) is 10.4. The minimum atomic E-state index is -0.829. The lowest BCUT2D eigenvalue weighted by Crippen LogP contribution is -2.52. The molecular weight excluding hydrogens is 372 g/mol. The third-order valence-corrected chi connectivity index (χ3v) is 8.02. The first-order chi connectivity index (χ1) is 12.9. The molecule has 3 aliphatic rings. The van der Waals surface area contributed by atoms with Crippen LogP contribution in [0.25, 0.3) is 0 Å². The van der Waals surface area contributed by atoms with Crippen molar-refractivity contribution in [1.29, 1.82) is 0 Å². The van der Waals surface area contributed by atoms with Crippen LogP contribution in [-0.2, 0) is 19.2 Å². The number of carbonyl (C=O) groups is 4. The Balaban J connectivity index is 1.98. The van der Waals surface area contributed by atoms with Crippen LogP contribution in [0.15, 0.2) is 12.2 Å². The van der Waals surface area contributed by atoms with E-state index in [-0.39, 0.29) is 39.2 Å². The Morgan fingerprint density at radius 1 is 0.821 bits per heavy atom. The molecule has 0 aromatic carbocycles. The molecule has 4 nitrogen and oxygen atoms in total. The van der Waals surface area contributed by atoms with Gasteiger partial charge in [0.2, 0.25) is 0 Å². The number of ketones is 4. The maximum atomic E-state index is 13.1. The average molecular weight is 405 g/mol. The second kappa shape index (κ2) is 7.55. The molecule has 2 saturated carbocycles. The van der Waals surface area contributed by atoms with Gasteiger partial charge in [0.15, 0.2) is 0 Å². The number of thioether (sulfide) groups is 1. The van der Waals surface area contributed by atoms with Crippen LogP contribution in [0.2, 0.25) is 0 Å². The number of hydrogen-bond donors (Lipinski definition) is 0. The molecule has 1 aliphatic heterocycles. The zero-order chi connectivity index (χ0) is 20.9. The van der Waals surface area contributed by atoms with Crippen LogP contribution in [0.1, 0.15) is 66.7 Å². The lowest BCUT2D eigenvalue weighted by Gasteiger charge is -2.42. The summed E-state index contributed by atoms with van der Waals surface area (Å²) in [6.07, 6.45) is 6.41. The summed E-state index contributed by atoms with van der Waals surface area (Å²) in [5.74, 6) is -2.56. The molecule has 2 atom stereocenters. The summed E-state index contributed by atoms with van der Waals surface area (Å²) in [5, 5.41) is 0.172. The lowest BCUT2D eigenvalue weighted by atomic mass is 9.60. The van der Waals surface area contributed by atoms with Gasteiger partial charge in [0.25, 0.3) is 0 Å². The topological polar surface area (TPSA) is 68.3 Å². The first kappa shape index (κ1) is 21.5. The van der Waals surface area contributed by atoms with Gasteiger partial charge < -0.3 is 0 Å². The van der Waals surface area contributed by atoms with E-state index in [0.29, 0.717) is 30.9 Å². The highest BCUT2D eigenvalue weighted by atomic mass is 32.2. The number of Topliss-reactive ketones (excluding diaryl/α,β-unsaturated/α-hetero) is 4. The summed E-state index contributed by atoms with van der Waals surface area (Å²) in [4.78, 5) is 52.3. The van der Waals surface area contributed by atoms with E-state index in [9.17, 15) is 19.2 Å². The van der Waals surface area contributed by atoms with Crippen molar-refractivity contribution in [3.05, 3.63) is 12.2 Å². The van der Waals surface area contributed by atoms with Gasteiger partial charge in [0, 0.05) is 42.1 Å². The van der Waals surface area contributed by atoms with Crippen molar-refractivity contribution in [3.8, 4) is 0 Å². The lowest BCUT2D eigenvalue weighted by molar-refractivity contribution is -0.148. The summed E-state index contributed by atoms with van der Waals surface area (Å²) >= 11 is 1.69. The number of rotatable bonds is 4. The maximum Gasteiger partial charge on any atom is 0.144 e. The molecule has 0 spiro atoms. The Bertz CT molecular complexity index is 645. The predicted octanol–water partition coefficient (Wildman–Crippen LogP) is 4.20. The van der Waals surface area contributed by atoms with Crippen molar-refractivity contribution >= 4 is 34.9 Å². The minimum Gasteiger partial charge on any atom is -0.299 e. The standard InChI is InChI=1S/C23H32O4S/c1-6-13-7-8-18(28-13)21(19-14(24)9-22(2,3)10-15(19)25)20-16(26)11-23(4,5)12-17(20)27/h7-8,13,18-21H,6,9-12H2,1-5H3. The molecule has 28 heavy (non-hydrogen) atoms. The van der Waals surface area contributed by atoms with Gasteiger partial charge in [-0.25, -0.2) is 0 Å². The zero-order valence-electron chi connectivity index (χ0n) is 17.6. The van der Waals surface area contributed by atoms with Crippen molar-refractivity contribution in [2.75, 3.05) is 0 Å². The monoisotopic (exact) mass is 404 g/mol. The number of hydrogen-bond acceptors (Lipinski definition) is 5. The zero-order valence-corrected chi connectivity index (χ0v) is 18.4. The molecule has 2 fully saturated rings. The van der Waals surface area contributed by atoms with Crippen molar-refractivity contribution in [1.82, 2.24) is 0 Å². The molecule has 0 radical (unpaired) electrons. The highest BCUT2D eigenvalue weighted by Crippen LogP contribution is 2.48. The molecule has 3 rings (SSSR count). The van der Waals surface area contributed by atoms with Crippen LogP contribution in [0, 0.1) is 28.6 Å². The summed E-state index contributed by atoms with van der Waals surface area (Å²) in [6.45, 7) is 9.84. The van der Waals surface area contributed by atoms with E-state index in [4.69, 9.17) is 0 Å². The predicted molar refractivity (Wildman–Crippen MR) is 111 cm³/mol. The summed E-state index contributed by atoms with van der Waals surface area (Å²) < 4.78 is 0. The van der Waals surface area contributed by atoms with E-state index in [1.54, 1.807) is 11.8 Å². The van der Waals surface area contributed by atoms with Gasteiger partial charge >= 0.3 is 0 Å². The van der Waals surface area contributed by atoms with E-state index in [1.165, 1.54) is 0 Å². The quantitative estimate of drug-likeness (QED) is 0.519. The third kappa shape index (κ3) is 4.19. The Morgan fingerprint density at radius 2 is 1.21 bits per heavy atom. The van der Waals surface area contributed by atoms with Crippen LogP contribution >= 0.6 is 11.8 Å². The molecule has 5 heteroatoms. The van der Waals surface area contributed by atoms with Crippen LogP contribution < -0.4 is 0 Å². The smallest absolute Gasteiger partial charge is 0.144 e. The maximum absolute atomic E-state index is 13.1. The first-order valence-electron chi connectivity index (χ1n) is 10.4. The highest BCUT2D eigenvalue weighted by molar-refractivity contribution is 8.01. The fraction of sp³-hybridized carbons (Fsp3) is 0.739. The van der Waals surface area contributed by atoms with Gasteiger partial charge in [-0.1, -0.05) is 46.8 Å². The van der Waals surface area contributed by atoms with Crippen molar-refractivity contribution in [2.45, 2.75) is 77.2 Å². The Morgan fingerprint density at radius 3 is 1.54 bits per heavy atom. The van der Waals surface area contributed by atoms with Gasteiger partial charge in [0.05, 0.1) is 11.8 Å². The van der Waals surface area contributed by atoms with Crippen molar-refractivity contribution in [2.24, 2.45) is 28.6 Å². The molecule has 0 aromatic rings. The van der Waals surface area contributed by atoms with Crippen LogP contribution in [-0.4, -0.2) is 33.6 Å². The summed E-state index contributed by atoms with van der Waals surface area (Å²) in [7, 11) is 0. The molecular formula is C23H32O4S. The van der Waals surface area contributed by atoms with Gasteiger partial charge in [0.1, 0.15) is 23.1 Å². The molecule has 0 aromatic heterocycles. The van der Waals surface area contributed by atoms with Gasteiger partial charge in [-0.3, -0.25) is 19.2 Å².